The summed E-state index contributed by atoms with van der Waals surface area (Å²) in [5.41, 5.74) is -1.16. The summed E-state index contributed by atoms with van der Waals surface area (Å²) < 4.78 is 66.5. The first-order chi connectivity index (χ1) is 14.5. The van der Waals surface area contributed by atoms with Crippen LogP contribution in [0.4, 0.5) is 13.2 Å². The van der Waals surface area contributed by atoms with Gasteiger partial charge in [0.25, 0.3) is 0 Å². The average molecular weight is 462 g/mol. The number of amides is 1. The third kappa shape index (κ3) is 5.59. The van der Waals surface area contributed by atoms with E-state index in [1.165, 1.54) is 18.6 Å². The molecule has 1 saturated carbocycles. The lowest BCUT2D eigenvalue weighted by molar-refractivity contribution is -0.140. The van der Waals surface area contributed by atoms with Gasteiger partial charge in [-0.2, -0.15) is 17.5 Å². The second-order valence-electron chi connectivity index (χ2n) is 8.62. The van der Waals surface area contributed by atoms with Crippen molar-refractivity contribution in [3.8, 4) is 0 Å². The zero-order chi connectivity index (χ0) is 22.8. The lowest BCUT2D eigenvalue weighted by Crippen LogP contribution is -2.53. The van der Waals surface area contributed by atoms with E-state index in [0.717, 1.165) is 29.3 Å². The third-order valence-electron chi connectivity index (χ3n) is 6.56. The predicted octanol–water partition coefficient (Wildman–Crippen LogP) is 2.95. The van der Waals surface area contributed by atoms with E-state index in [0.29, 0.717) is 11.8 Å². The maximum absolute atomic E-state index is 13.3. The van der Waals surface area contributed by atoms with Gasteiger partial charge in [0.1, 0.15) is 0 Å². The van der Waals surface area contributed by atoms with Crippen molar-refractivity contribution in [1.29, 1.82) is 0 Å². The Bertz CT molecular complexity index is 883. The molecule has 1 amide bonds. The molecule has 1 aromatic carbocycles. The summed E-state index contributed by atoms with van der Waals surface area (Å²) >= 11 is 0. The highest BCUT2D eigenvalue weighted by atomic mass is 32.2. The first-order valence-corrected chi connectivity index (χ1v) is 12.1. The van der Waals surface area contributed by atoms with E-state index < -0.39 is 26.7 Å². The van der Waals surface area contributed by atoms with Crippen molar-refractivity contribution in [3.05, 3.63) is 29.8 Å². The molecule has 1 N–H and O–H groups in total. The zero-order valence-electron chi connectivity index (χ0n) is 17.9. The summed E-state index contributed by atoms with van der Waals surface area (Å²) in [6.45, 7) is 5.16. The second kappa shape index (κ2) is 9.46. The number of hydrogen-bond donors (Lipinski definition) is 1. The van der Waals surface area contributed by atoms with Gasteiger partial charge in [-0.3, -0.25) is 9.69 Å². The molecule has 0 bridgehead atoms. The first kappa shape index (κ1) is 24.0. The van der Waals surface area contributed by atoms with Crippen molar-refractivity contribution in [2.75, 3.05) is 32.7 Å². The number of sulfonamides is 1. The molecule has 0 unspecified atom stereocenters. The molecule has 1 heterocycles. The van der Waals surface area contributed by atoms with E-state index in [4.69, 9.17) is 0 Å². The molecule has 0 radical (unpaired) electrons. The van der Waals surface area contributed by atoms with Gasteiger partial charge in [0, 0.05) is 32.2 Å². The highest BCUT2D eigenvalue weighted by Gasteiger charge is 2.39. The van der Waals surface area contributed by atoms with E-state index in [1.54, 1.807) is 0 Å². The van der Waals surface area contributed by atoms with Crippen molar-refractivity contribution < 1.29 is 26.4 Å². The van der Waals surface area contributed by atoms with Crippen LogP contribution in [0, 0.1) is 11.8 Å². The molecule has 1 aromatic rings. The molecular formula is C21H30F3N3O3S. The van der Waals surface area contributed by atoms with Gasteiger partial charge in [0.05, 0.1) is 17.0 Å². The molecule has 1 aliphatic carbocycles. The van der Waals surface area contributed by atoms with Crippen LogP contribution in [0.3, 0.4) is 0 Å². The van der Waals surface area contributed by atoms with Gasteiger partial charge in [-0.15, -0.1) is 0 Å². The molecule has 1 saturated heterocycles. The number of carbonyl (C=O) groups is 1. The minimum atomic E-state index is -4.75. The molecule has 31 heavy (non-hydrogen) atoms. The monoisotopic (exact) mass is 461 g/mol. The number of nitrogens with one attached hydrogen (secondary N) is 1. The van der Waals surface area contributed by atoms with Crippen molar-refractivity contribution >= 4 is 15.9 Å². The van der Waals surface area contributed by atoms with Crippen LogP contribution in [0.25, 0.3) is 0 Å². The molecule has 1 aliphatic heterocycles. The predicted molar refractivity (Wildman–Crippen MR) is 111 cm³/mol. The summed E-state index contributed by atoms with van der Waals surface area (Å²) in [7, 11) is -4.28. The van der Waals surface area contributed by atoms with Gasteiger partial charge >= 0.3 is 6.18 Å². The molecule has 10 heteroatoms. The van der Waals surface area contributed by atoms with Gasteiger partial charge in [0.2, 0.25) is 15.9 Å². The summed E-state index contributed by atoms with van der Waals surface area (Å²) in [5.74, 6) is 0.880. The maximum Gasteiger partial charge on any atom is 0.417 e. The van der Waals surface area contributed by atoms with E-state index in [2.05, 4.69) is 19.2 Å². The Hall–Kier alpha value is -1.65. The van der Waals surface area contributed by atoms with Crippen LogP contribution in [0.5, 0.6) is 0 Å². The number of halogens is 3. The molecular weight excluding hydrogens is 431 g/mol. The summed E-state index contributed by atoms with van der Waals surface area (Å²) in [5, 5.41) is 3.10. The third-order valence-corrected chi connectivity index (χ3v) is 8.52. The van der Waals surface area contributed by atoms with Gasteiger partial charge < -0.3 is 5.32 Å². The molecule has 2 fully saturated rings. The minimum Gasteiger partial charge on any atom is -0.352 e. The first-order valence-electron chi connectivity index (χ1n) is 10.7. The van der Waals surface area contributed by atoms with E-state index in [1.807, 2.05) is 4.90 Å². The summed E-state index contributed by atoms with van der Waals surface area (Å²) in [6, 6.07) is 4.38. The molecule has 6 nitrogen and oxygen atoms in total. The number of hydrogen-bond acceptors (Lipinski definition) is 4. The molecule has 3 atom stereocenters. The number of piperazine rings is 1. The van der Waals surface area contributed by atoms with Crippen molar-refractivity contribution in [3.63, 3.8) is 0 Å². The Kier molecular flexibility index (Phi) is 7.32. The largest absolute Gasteiger partial charge is 0.417 e. The number of alkyl halides is 3. The van der Waals surface area contributed by atoms with E-state index >= 15 is 0 Å². The van der Waals surface area contributed by atoms with Gasteiger partial charge in [-0.25, -0.2) is 8.42 Å². The van der Waals surface area contributed by atoms with Crippen molar-refractivity contribution in [1.82, 2.24) is 14.5 Å². The lowest BCUT2D eigenvalue weighted by atomic mass is 9.78. The van der Waals surface area contributed by atoms with Crippen LogP contribution in [0.15, 0.2) is 29.2 Å². The summed E-state index contributed by atoms with van der Waals surface area (Å²) in [6.07, 6.45) is -1.53. The van der Waals surface area contributed by atoms with Gasteiger partial charge in [0.15, 0.2) is 0 Å². The fraction of sp³-hybridized carbons (Fsp3) is 0.667. The topological polar surface area (TPSA) is 69.7 Å². The van der Waals surface area contributed by atoms with Gasteiger partial charge in [-0.1, -0.05) is 38.8 Å². The molecule has 2 aliphatic rings. The fourth-order valence-corrected chi connectivity index (χ4v) is 6.07. The van der Waals surface area contributed by atoms with Crippen molar-refractivity contribution in [2.45, 2.75) is 50.2 Å². The smallest absolute Gasteiger partial charge is 0.352 e. The molecule has 174 valence electrons. The van der Waals surface area contributed by atoms with E-state index in [9.17, 15) is 26.4 Å². The lowest BCUT2D eigenvalue weighted by Gasteiger charge is -2.36. The van der Waals surface area contributed by atoms with Crippen LogP contribution >= 0.6 is 0 Å². The van der Waals surface area contributed by atoms with E-state index in [-0.39, 0.29) is 44.7 Å². The van der Waals surface area contributed by atoms with Crippen LogP contribution in [0.1, 0.15) is 38.7 Å². The molecule has 0 spiro atoms. The van der Waals surface area contributed by atoms with Crippen LogP contribution in [0.2, 0.25) is 0 Å². The van der Waals surface area contributed by atoms with Crippen molar-refractivity contribution in [2.24, 2.45) is 11.8 Å². The normalized spacial score (nSPS) is 26.5. The number of benzene rings is 1. The second-order valence-corrected chi connectivity index (χ2v) is 10.5. The Morgan fingerprint density at radius 1 is 1.10 bits per heavy atom. The average Bonchev–Trinajstić information content (AvgIpc) is 2.71. The highest BCUT2D eigenvalue weighted by Crippen LogP contribution is 2.35. The Labute approximate surface area is 181 Å². The Balaban J connectivity index is 1.58. The van der Waals surface area contributed by atoms with Crippen LogP contribution in [-0.4, -0.2) is 62.3 Å². The zero-order valence-corrected chi connectivity index (χ0v) is 18.7. The maximum atomic E-state index is 13.3. The van der Waals surface area contributed by atoms with Crippen LogP contribution < -0.4 is 5.32 Å². The quantitative estimate of drug-likeness (QED) is 0.732. The summed E-state index contributed by atoms with van der Waals surface area (Å²) in [4.78, 5) is 13.6. The Morgan fingerprint density at radius 2 is 1.74 bits per heavy atom. The number of carbonyl (C=O) groups excluding carboxylic acids is 1. The minimum absolute atomic E-state index is 0.0403. The highest BCUT2D eigenvalue weighted by molar-refractivity contribution is 7.89. The number of nitrogens with zero attached hydrogens (tertiary/aromatic N) is 2. The van der Waals surface area contributed by atoms with Gasteiger partial charge in [-0.05, 0) is 30.4 Å². The Morgan fingerprint density at radius 3 is 2.39 bits per heavy atom. The van der Waals surface area contributed by atoms with Crippen LogP contribution in [-0.2, 0) is 21.0 Å². The standard InChI is InChI=1S/C21H30F3N3O3S/c1-15-6-5-8-18(16(15)2)25-20(28)14-26-10-12-27(13-11-26)31(29,30)19-9-4-3-7-17(19)21(22,23)24/h3-4,7,9,15-16,18H,5-6,8,10-14H2,1-2H3,(H,25,28)/t15-,16-,18-/m1/s1. The number of rotatable bonds is 5. The fourth-order valence-electron chi connectivity index (χ4n) is 4.43. The molecule has 3 rings (SSSR count). The molecule has 0 aromatic heterocycles. The SMILES string of the molecule is C[C@@H]1[C@H](C)CCC[C@H]1NC(=O)CN1CCN(S(=O)(=O)c2ccccc2C(F)(F)F)CC1.